The zero-order chi connectivity index (χ0) is 12.4. The Kier molecular flexibility index (Phi) is 3.03. The highest BCUT2D eigenvalue weighted by Gasteiger charge is 2.22. The summed E-state index contributed by atoms with van der Waals surface area (Å²) in [6.45, 7) is 0.764. The van der Waals surface area contributed by atoms with Crippen LogP contribution in [-0.2, 0) is 11.2 Å². The summed E-state index contributed by atoms with van der Waals surface area (Å²) in [7, 11) is 1.70. The predicted molar refractivity (Wildman–Crippen MR) is 70.9 cm³/mol. The van der Waals surface area contributed by atoms with Gasteiger partial charge in [-0.3, -0.25) is 0 Å². The van der Waals surface area contributed by atoms with Crippen molar-refractivity contribution in [3.05, 3.63) is 65.2 Å². The lowest BCUT2D eigenvalue weighted by molar-refractivity contribution is 0.0697. The van der Waals surface area contributed by atoms with E-state index >= 15 is 0 Å². The van der Waals surface area contributed by atoms with Crippen molar-refractivity contribution in [3.63, 3.8) is 0 Å². The van der Waals surface area contributed by atoms with Crippen LogP contribution in [0.15, 0.2) is 48.5 Å². The Morgan fingerprint density at radius 1 is 1.11 bits per heavy atom. The molecule has 2 aromatic carbocycles. The Balaban J connectivity index is 2.02. The Hall–Kier alpha value is -1.80. The minimum absolute atomic E-state index is 0.0563. The molecule has 1 aliphatic rings. The Morgan fingerprint density at radius 3 is 2.72 bits per heavy atom. The van der Waals surface area contributed by atoms with Crippen LogP contribution in [0.3, 0.4) is 0 Å². The van der Waals surface area contributed by atoms with Gasteiger partial charge in [-0.2, -0.15) is 0 Å². The average Bonchev–Trinajstić information content (AvgIpc) is 2.47. The minimum atomic E-state index is 0.0563. The Bertz CT molecular complexity index is 534. The molecule has 1 atom stereocenters. The van der Waals surface area contributed by atoms with Gasteiger partial charge in [-0.25, -0.2) is 0 Å². The highest BCUT2D eigenvalue weighted by molar-refractivity contribution is 5.42. The topological polar surface area (TPSA) is 18.5 Å². The summed E-state index contributed by atoms with van der Waals surface area (Å²) in [6, 6.07) is 16.6. The molecule has 2 heteroatoms. The average molecular weight is 240 g/mol. The molecule has 0 amide bonds. The molecular weight excluding hydrogens is 224 g/mol. The van der Waals surface area contributed by atoms with Gasteiger partial charge >= 0.3 is 0 Å². The molecule has 1 aliphatic heterocycles. The minimum Gasteiger partial charge on any atom is -0.497 e. The molecule has 2 aromatic rings. The summed E-state index contributed by atoms with van der Waals surface area (Å²) < 4.78 is 11.2. The van der Waals surface area contributed by atoms with Crippen molar-refractivity contribution < 1.29 is 9.47 Å². The summed E-state index contributed by atoms with van der Waals surface area (Å²) >= 11 is 0. The first-order valence-corrected chi connectivity index (χ1v) is 6.22. The van der Waals surface area contributed by atoms with Gasteiger partial charge in [0.25, 0.3) is 0 Å². The van der Waals surface area contributed by atoms with E-state index in [2.05, 4.69) is 36.4 Å². The standard InChI is InChI=1S/C16H16O2/c1-17-14-7-8-15-13(11-14)9-10-18-16(15)12-5-3-2-4-6-12/h2-8,11,16H,9-10H2,1H3/t16-/m1/s1. The van der Waals surface area contributed by atoms with E-state index in [1.807, 2.05) is 12.1 Å². The third-order valence-corrected chi connectivity index (χ3v) is 3.39. The second kappa shape index (κ2) is 4.83. The largest absolute Gasteiger partial charge is 0.497 e. The molecule has 18 heavy (non-hydrogen) atoms. The third kappa shape index (κ3) is 2.00. The first-order chi connectivity index (χ1) is 8.88. The summed E-state index contributed by atoms with van der Waals surface area (Å²) in [5.41, 5.74) is 3.80. The van der Waals surface area contributed by atoms with Gasteiger partial charge < -0.3 is 9.47 Å². The van der Waals surface area contributed by atoms with Crippen molar-refractivity contribution in [2.75, 3.05) is 13.7 Å². The number of methoxy groups -OCH3 is 1. The molecule has 1 heterocycles. The number of fused-ring (bicyclic) bond motifs is 1. The zero-order valence-corrected chi connectivity index (χ0v) is 10.4. The lowest BCUT2D eigenvalue weighted by Gasteiger charge is -2.26. The van der Waals surface area contributed by atoms with Crippen LogP contribution in [0.25, 0.3) is 0 Å². The molecule has 2 nitrogen and oxygen atoms in total. The monoisotopic (exact) mass is 240 g/mol. The fraction of sp³-hybridized carbons (Fsp3) is 0.250. The summed E-state index contributed by atoms with van der Waals surface area (Å²) in [4.78, 5) is 0. The summed E-state index contributed by atoms with van der Waals surface area (Å²) in [5.74, 6) is 0.919. The first-order valence-electron chi connectivity index (χ1n) is 6.22. The van der Waals surface area contributed by atoms with Crippen LogP contribution in [0, 0.1) is 0 Å². The first kappa shape index (κ1) is 11.3. The van der Waals surface area contributed by atoms with Crippen LogP contribution < -0.4 is 4.74 Å². The van der Waals surface area contributed by atoms with E-state index in [0.717, 1.165) is 18.8 Å². The van der Waals surface area contributed by atoms with Gasteiger partial charge in [0.1, 0.15) is 11.9 Å². The SMILES string of the molecule is COc1ccc2c(c1)CCO[C@@H]2c1ccccc1. The summed E-state index contributed by atoms with van der Waals surface area (Å²) in [6.07, 6.45) is 1.01. The van der Waals surface area contributed by atoms with E-state index in [1.165, 1.54) is 16.7 Å². The van der Waals surface area contributed by atoms with Gasteiger partial charge in [0.2, 0.25) is 0 Å². The van der Waals surface area contributed by atoms with Crippen LogP contribution in [0.4, 0.5) is 0 Å². The van der Waals surface area contributed by atoms with Crippen LogP contribution in [-0.4, -0.2) is 13.7 Å². The predicted octanol–water partition coefficient (Wildman–Crippen LogP) is 3.36. The molecule has 92 valence electrons. The van der Waals surface area contributed by atoms with Gasteiger partial charge in [0, 0.05) is 0 Å². The number of benzene rings is 2. The fourth-order valence-electron chi connectivity index (χ4n) is 2.46. The molecule has 0 unspecified atom stereocenters. The van der Waals surface area contributed by atoms with Gasteiger partial charge in [-0.1, -0.05) is 36.4 Å². The smallest absolute Gasteiger partial charge is 0.119 e. The molecule has 0 N–H and O–H groups in total. The van der Waals surface area contributed by atoms with E-state index in [0.29, 0.717) is 0 Å². The Labute approximate surface area is 107 Å². The number of hydrogen-bond acceptors (Lipinski definition) is 2. The molecule has 0 fully saturated rings. The van der Waals surface area contributed by atoms with Crippen molar-refractivity contribution in [1.82, 2.24) is 0 Å². The van der Waals surface area contributed by atoms with E-state index < -0.39 is 0 Å². The number of hydrogen-bond donors (Lipinski definition) is 0. The molecule has 0 saturated heterocycles. The molecule has 3 rings (SSSR count). The summed E-state index contributed by atoms with van der Waals surface area (Å²) in [5, 5.41) is 0. The van der Waals surface area contributed by atoms with Crippen LogP contribution in [0.2, 0.25) is 0 Å². The van der Waals surface area contributed by atoms with Crippen molar-refractivity contribution in [2.45, 2.75) is 12.5 Å². The number of ether oxygens (including phenoxy) is 2. The van der Waals surface area contributed by atoms with E-state index in [9.17, 15) is 0 Å². The molecule has 0 saturated carbocycles. The highest BCUT2D eigenvalue weighted by Crippen LogP contribution is 2.34. The van der Waals surface area contributed by atoms with Crippen molar-refractivity contribution in [1.29, 1.82) is 0 Å². The molecule has 0 bridgehead atoms. The third-order valence-electron chi connectivity index (χ3n) is 3.39. The second-order valence-corrected chi connectivity index (χ2v) is 4.48. The second-order valence-electron chi connectivity index (χ2n) is 4.48. The normalized spacial score (nSPS) is 18.2. The van der Waals surface area contributed by atoms with Gasteiger partial charge in [-0.05, 0) is 35.2 Å². The van der Waals surface area contributed by atoms with Crippen LogP contribution >= 0.6 is 0 Å². The maximum absolute atomic E-state index is 5.92. The quantitative estimate of drug-likeness (QED) is 0.801. The maximum Gasteiger partial charge on any atom is 0.119 e. The van der Waals surface area contributed by atoms with Crippen molar-refractivity contribution >= 4 is 0 Å². The van der Waals surface area contributed by atoms with Crippen LogP contribution in [0.5, 0.6) is 5.75 Å². The van der Waals surface area contributed by atoms with Crippen molar-refractivity contribution in [2.24, 2.45) is 0 Å². The molecule has 0 aromatic heterocycles. The molecular formula is C16H16O2. The maximum atomic E-state index is 5.92. The number of rotatable bonds is 2. The lowest BCUT2D eigenvalue weighted by Crippen LogP contribution is -2.17. The van der Waals surface area contributed by atoms with Gasteiger partial charge in [-0.15, -0.1) is 0 Å². The molecule has 0 aliphatic carbocycles. The molecule has 0 spiro atoms. The van der Waals surface area contributed by atoms with Gasteiger partial charge in [0.05, 0.1) is 13.7 Å². The fourth-order valence-corrected chi connectivity index (χ4v) is 2.46. The van der Waals surface area contributed by atoms with Gasteiger partial charge in [0.15, 0.2) is 0 Å². The van der Waals surface area contributed by atoms with Crippen molar-refractivity contribution in [3.8, 4) is 5.75 Å². The van der Waals surface area contributed by atoms with E-state index in [4.69, 9.17) is 9.47 Å². The lowest BCUT2D eigenvalue weighted by atomic mass is 9.93. The van der Waals surface area contributed by atoms with E-state index in [1.54, 1.807) is 7.11 Å². The zero-order valence-electron chi connectivity index (χ0n) is 10.4. The van der Waals surface area contributed by atoms with E-state index in [-0.39, 0.29) is 6.10 Å². The highest BCUT2D eigenvalue weighted by atomic mass is 16.5. The van der Waals surface area contributed by atoms with Crippen LogP contribution in [0.1, 0.15) is 22.8 Å². The Morgan fingerprint density at radius 2 is 1.94 bits per heavy atom. The molecule has 0 radical (unpaired) electrons.